The van der Waals surface area contributed by atoms with E-state index in [1.54, 1.807) is 6.20 Å². The van der Waals surface area contributed by atoms with Gasteiger partial charge in [-0.3, -0.25) is 0 Å². The predicted molar refractivity (Wildman–Crippen MR) is 47.1 cm³/mol. The minimum Gasteiger partial charge on any atom is -0.506 e. The smallest absolute Gasteiger partial charge is 0.137 e. The molecule has 0 unspecified atom stereocenters. The molecule has 1 fully saturated rings. The number of nitrogens with one attached hydrogen (secondary N) is 2. The summed E-state index contributed by atoms with van der Waals surface area (Å²) in [7, 11) is 0. The van der Waals surface area contributed by atoms with Crippen LogP contribution in [0.15, 0.2) is 12.4 Å². The van der Waals surface area contributed by atoms with E-state index >= 15 is 0 Å². The summed E-state index contributed by atoms with van der Waals surface area (Å²) in [4.78, 5) is 2.91. The normalized spacial score (nSPS) is 24.2. The third kappa shape index (κ3) is 1.32. The summed E-state index contributed by atoms with van der Waals surface area (Å²) in [6.45, 7) is 1.06. The minimum atomic E-state index is 0.352. The molecule has 3 heteroatoms. The molecule has 0 aromatic carbocycles. The lowest BCUT2D eigenvalue weighted by atomic mass is 9.99. The van der Waals surface area contributed by atoms with Crippen LogP contribution in [0.5, 0.6) is 5.75 Å². The molecular formula is C9H14N2O. The Morgan fingerprint density at radius 3 is 2.83 bits per heavy atom. The third-order valence-corrected chi connectivity index (χ3v) is 2.44. The monoisotopic (exact) mass is 166 g/mol. The highest BCUT2D eigenvalue weighted by molar-refractivity contribution is 5.31. The van der Waals surface area contributed by atoms with Crippen molar-refractivity contribution in [1.29, 1.82) is 0 Å². The van der Waals surface area contributed by atoms with Crippen LogP contribution in [0.3, 0.4) is 0 Å². The maximum absolute atomic E-state index is 9.43. The Hall–Kier alpha value is -0.960. The van der Waals surface area contributed by atoms with Crippen molar-refractivity contribution in [2.75, 3.05) is 6.54 Å². The zero-order chi connectivity index (χ0) is 8.39. The summed E-state index contributed by atoms with van der Waals surface area (Å²) >= 11 is 0. The summed E-state index contributed by atoms with van der Waals surface area (Å²) < 4.78 is 0. The van der Waals surface area contributed by atoms with Crippen LogP contribution in [0.2, 0.25) is 0 Å². The lowest BCUT2D eigenvalue weighted by molar-refractivity contribution is 0.393. The summed E-state index contributed by atoms with van der Waals surface area (Å²) in [6.07, 6.45) is 7.14. The summed E-state index contributed by atoms with van der Waals surface area (Å²) in [5.41, 5.74) is 1.01. The van der Waals surface area contributed by atoms with Crippen molar-refractivity contribution in [3.63, 3.8) is 0 Å². The first-order valence-corrected chi connectivity index (χ1v) is 4.47. The van der Waals surface area contributed by atoms with Gasteiger partial charge in [-0.2, -0.15) is 0 Å². The predicted octanol–water partition coefficient (Wildman–Crippen LogP) is 1.53. The summed E-state index contributed by atoms with van der Waals surface area (Å²) in [5.74, 6) is 0.384. The maximum atomic E-state index is 9.43. The van der Waals surface area contributed by atoms with Gasteiger partial charge < -0.3 is 15.4 Å². The van der Waals surface area contributed by atoms with Gasteiger partial charge in [-0.25, -0.2) is 0 Å². The van der Waals surface area contributed by atoms with E-state index in [0.29, 0.717) is 11.8 Å². The second-order valence-electron chi connectivity index (χ2n) is 3.30. The first-order chi connectivity index (χ1) is 5.88. The second kappa shape index (κ2) is 3.19. The molecule has 66 valence electrons. The average molecular weight is 166 g/mol. The molecule has 0 saturated carbocycles. The molecule has 1 aromatic rings. The Bertz CT molecular complexity index is 251. The van der Waals surface area contributed by atoms with Crippen molar-refractivity contribution in [3.8, 4) is 5.75 Å². The summed E-state index contributed by atoms with van der Waals surface area (Å²) in [6, 6.07) is 0.352. The van der Waals surface area contributed by atoms with Gasteiger partial charge in [-0.05, 0) is 19.4 Å². The van der Waals surface area contributed by atoms with E-state index < -0.39 is 0 Å². The number of H-pyrrole nitrogens is 1. The van der Waals surface area contributed by atoms with E-state index in [4.69, 9.17) is 0 Å². The van der Waals surface area contributed by atoms with Gasteiger partial charge >= 0.3 is 0 Å². The Balaban J connectivity index is 2.13. The molecular weight excluding hydrogens is 152 g/mol. The van der Waals surface area contributed by atoms with Crippen LogP contribution in [-0.2, 0) is 0 Å². The molecule has 1 aliphatic heterocycles. The molecule has 2 rings (SSSR count). The largest absolute Gasteiger partial charge is 0.506 e. The molecule has 0 amide bonds. The fourth-order valence-electron chi connectivity index (χ4n) is 1.76. The van der Waals surface area contributed by atoms with Crippen LogP contribution >= 0.6 is 0 Å². The zero-order valence-corrected chi connectivity index (χ0v) is 7.01. The van der Waals surface area contributed by atoms with Gasteiger partial charge in [0.25, 0.3) is 0 Å². The van der Waals surface area contributed by atoms with Crippen LogP contribution in [0, 0.1) is 0 Å². The Labute approximate surface area is 71.8 Å². The molecule has 3 nitrogen and oxygen atoms in total. The molecule has 0 bridgehead atoms. The van der Waals surface area contributed by atoms with Crippen LogP contribution < -0.4 is 5.32 Å². The van der Waals surface area contributed by atoms with Crippen LogP contribution in [0.1, 0.15) is 30.9 Å². The highest BCUT2D eigenvalue weighted by atomic mass is 16.3. The highest BCUT2D eigenvalue weighted by Crippen LogP contribution is 2.28. The standard InChI is InChI=1S/C9H14N2O/c12-9-6-10-5-7(9)8-3-1-2-4-11-8/h5-6,8,10-12H,1-4H2/t8-/m1/s1. The summed E-state index contributed by atoms with van der Waals surface area (Å²) in [5, 5.41) is 12.8. The van der Waals surface area contributed by atoms with Gasteiger partial charge in [0.05, 0.1) is 0 Å². The molecule has 2 heterocycles. The number of hydrogen-bond donors (Lipinski definition) is 3. The molecule has 0 spiro atoms. The number of hydrogen-bond acceptors (Lipinski definition) is 2. The number of aromatic amines is 1. The van der Waals surface area contributed by atoms with Crippen molar-refractivity contribution >= 4 is 0 Å². The van der Waals surface area contributed by atoms with Gasteiger partial charge in [0.15, 0.2) is 0 Å². The SMILES string of the molecule is Oc1c[nH]cc1[C@H]1CCCCN1. The van der Waals surface area contributed by atoms with Gasteiger partial charge in [0.2, 0.25) is 0 Å². The number of aromatic hydroxyl groups is 1. The van der Waals surface area contributed by atoms with Crippen molar-refractivity contribution in [2.24, 2.45) is 0 Å². The maximum Gasteiger partial charge on any atom is 0.137 e. The first kappa shape index (κ1) is 7.68. The molecule has 1 aromatic heterocycles. The average Bonchev–Trinajstić information content (AvgIpc) is 2.53. The van der Waals surface area contributed by atoms with E-state index in [-0.39, 0.29) is 0 Å². The van der Waals surface area contributed by atoms with Gasteiger partial charge in [-0.15, -0.1) is 0 Å². The van der Waals surface area contributed by atoms with Gasteiger partial charge in [0.1, 0.15) is 5.75 Å². The van der Waals surface area contributed by atoms with E-state index in [1.165, 1.54) is 12.8 Å². The van der Waals surface area contributed by atoms with E-state index in [1.807, 2.05) is 6.20 Å². The topological polar surface area (TPSA) is 48.0 Å². The minimum absolute atomic E-state index is 0.352. The molecule has 1 saturated heterocycles. The lowest BCUT2D eigenvalue weighted by Gasteiger charge is -2.22. The number of aromatic nitrogens is 1. The van der Waals surface area contributed by atoms with Crippen LogP contribution in [0.4, 0.5) is 0 Å². The first-order valence-electron chi connectivity index (χ1n) is 4.47. The van der Waals surface area contributed by atoms with Gasteiger partial charge in [0, 0.05) is 24.0 Å². The fourth-order valence-corrected chi connectivity index (χ4v) is 1.76. The van der Waals surface area contributed by atoms with Crippen molar-refractivity contribution in [1.82, 2.24) is 10.3 Å². The lowest BCUT2D eigenvalue weighted by Crippen LogP contribution is -2.26. The quantitative estimate of drug-likeness (QED) is 0.592. The third-order valence-electron chi connectivity index (χ3n) is 2.44. The Morgan fingerprint density at radius 1 is 1.33 bits per heavy atom. The van der Waals surface area contributed by atoms with Crippen molar-refractivity contribution < 1.29 is 5.11 Å². The van der Waals surface area contributed by atoms with Gasteiger partial charge in [-0.1, -0.05) is 6.42 Å². The number of piperidine rings is 1. The van der Waals surface area contributed by atoms with Crippen molar-refractivity contribution in [3.05, 3.63) is 18.0 Å². The second-order valence-corrected chi connectivity index (χ2v) is 3.30. The zero-order valence-electron chi connectivity index (χ0n) is 7.01. The molecule has 0 aliphatic carbocycles. The molecule has 0 radical (unpaired) electrons. The van der Waals surface area contributed by atoms with E-state index in [0.717, 1.165) is 18.5 Å². The van der Waals surface area contributed by atoms with Crippen molar-refractivity contribution in [2.45, 2.75) is 25.3 Å². The van der Waals surface area contributed by atoms with E-state index in [2.05, 4.69) is 10.3 Å². The molecule has 1 aliphatic rings. The fraction of sp³-hybridized carbons (Fsp3) is 0.556. The molecule has 3 N–H and O–H groups in total. The number of rotatable bonds is 1. The highest BCUT2D eigenvalue weighted by Gasteiger charge is 2.17. The van der Waals surface area contributed by atoms with Crippen LogP contribution in [-0.4, -0.2) is 16.6 Å². The Morgan fingerprint density at radius 2 is 2.25 bits per heavy atom. The Kier molecular flexibility index (Phi) is 2.04. The van der Waals surface area contributed by atoms with E-state index in [9.17, 15) is 5.11 Å². The van der Waals surface area contributed by atoms with Crippen LogP contribution in [0.25, 0.3) is 0 Å². The molecule has 12 heavy (non-hydrogen) atoms. The molecule has 1 atom stereocenters.